The molecule has 0 radical (unpaired) electrons. The van der Waals surface area contributed by atoms with E-state index >= 15 is 0 Å². The summed E-state index contributed by atoms with van der Waals surface area (Å²) in [7, 11) is -3.25. The van der Waals surface area contributed by atoms with Crippen molar-refractivity contribution in [2.45, 2.75) is 9.92 Å². The topological polar surface area (TPSA) is 77.0 Å². The van der Waals surface area contributed by atoms with E-state index in [2.05, 4.69) is 9.97 Å². The van der Waals surface area contributed by atoms with E-state index in [4.69, 9.17) is 0 Å². The van der Waals surface area contributed by atoms with Gasteiger partial charge in [-0.2, -0.15) is 0 Å². The van der Waals surface area contributed by atoms with Gasteiger partial charge in [-0.15, -0.1) is 11.3 Å². The third-order valence-electron chi connectivity index (χ3n) is 3.15. The van der Waals surface area contributed by atoms with Gasteiger partial charge in [-0.3, -0.25) is 4.79 Å². The number of thiophene rings is 1. The summed E-state index contributed by atoms with van der Waals surface area (Å²) in [5, 5.41) is 2.72. The molecule has 0 saturated carbocycles. The molecule has 3 aromatic rings. The van der Waals surface area contributed by atoms with Crippen molar-refractivity contribution in [1.82, 2.24) is 9.97 Å². The smallest absolute Gasteiger partial charge is 0.175 e. The van der Waals surface area contributed by atoms with E-state index in [1.165, 1.54) is 30.2 Å². The Morgan fingerprint density at radius 2 is 1.91 bits per heavy atom. The van der Waals surface area contributed by atoms with Gasteiger partial charge in [-0.1, -0.05) is 23.9 Å². The molecule has 5 nitrogen and oxygen atoms in total. The molecule has 0 unspecified atom stereocenters. The minimum absolute atomic E-state index is 0.0710. The van der Waals surface area contributed by atoms with Gasteiger partial charge in [0.15, 0.2) is 15.6 Å². The monoisotopic (exact) mass is 364 g/mol. The number of fused-ring (bicyclic) bond motifs is 1. The number of ketones is 1. The van der Waals surface area contributed by atoms with Crippen molar-refractivity contribution < 1.29 is 13.2 Å². The lowest BCUT2D eigenvalue weighted by Gasteiger charge is -2.03. The molecule has 0 bridgehead atoms. The van der Waals surface area contributed by atoms with Crippen LogP contribution in [-0.2, 0) is 9.84 Å². The molecule has 23 heavy (non-hydrogen) atoms. The van der Waals surface area contributed by atoms with Crippen LogP contribution in [0.5, 0.6) is 0 Å². The van der Waals surface area contributed by atoms with Gasteiger partial charge >= 0.3 is 0 Å². The summed E-state index contributed by atoms with van der Waals surface area (Å²) in [6.45, 7) is 0. The molecule has 0 amide bonds. The summed E-state index contributed by atoms with van der Waals surface area (Å²) >= 11 is 2.90. The standard InChI is InChI=1S/C15H12N2O3S3/c1-23(19,20)11-4-2-10(3-5-11)13(18)8-22-15-14-12(6-7-21-14)16-9-17-15/h2-7,9H,8H2,1H3. The molecule has 8 heteroatoms. The molecular formula is C15H12N2O3S3. The molecule has 0 N–H and O–H groups in total. The van der Waals surface area contributed by atoms with Gasteiger partial charge in [0.05, 0.1) is 20.9 Å². The van der Waals surface area contributed by atoms with Crippen LogP contribution in [0.4, 0.5) is 0 Å². The van der Waals surface area contributed by atoms with Gasteiger partial charge in [0.25, 0.3) is 0 Å². The molecular weight excluding hydrogens is 352 g/mol. The van der Waals surface area contributed by atoms with E-state index in [1.54, 1.807) is 23.5 Å². The molecule has 0 spiro atoms. The molecule has 0 aliphatic rings. The largest absolute Gasteiger partial charge is 0.293 e. The number of Topliss-reactive ketones (excluding diaryl/α,β-unsaturated/α-hetero) is 1. The quantitative estimate of drug-likeness (QED) is 0.393. The Labute approximate surface area is 141 Å². The highest BCUT2D eigenvalue weighted by Crippen LogP contribution is 2.29. The molecule has 0 aliphatic carbocycles. The van der Waals surface area contributed by atoms with E-state index in [9.17, 15) is 13.2 Å². The van der Waals surface area contributed by atoms with E-state index < -0.39 is 9.84 Å². The number of aromatic nitrogens is 2. The highest BCUT2D eigenvalue weighted by atomic mass is 32.2. The number of carbonyl (C=O) groups excluding carboxylic acids is 1. The van der Waals surface area contributed by atoms with Crippen LogP contribution in [0, 0.1) is 0 Å². The Hall–Kier alpha value is -1.77. The summed E-state index contributed by atoms with van der Waals surface area (Å²) in [6, 6.07) is 7.90. The lowest BCUT2D eigenvalue weighted by atomic mass is 10.1. The normalized spacial score (nSPS) is 11.7. The van der Waals surface area contributed by atoms with Crippen LogP contribution in [0.2, 0.25) is 0 Å². The molecule has 2 heterocycles. The first-order valence-electron chi connectivity index (χ1n) is 6.59. The molecule has 118 valence electrons. The summed E-state index contributed by atoms with van der Waals surface area (Å²) in [5.41, 5.74) is 1.36. The second-order valence-electron chi connectivity index (χ2n) is 4.82. The highest BCUT2D eigenvalue weighted by Gasteiger charge is 2.12. The summed E-state index contributed by atoms with van der Waals surface area (Å²) < 4.78 is 23.8. The van der Waals surface area contributed by atoms with Crippen molar-refractivity contribution in [3.05, 3.63) is 47.6 Å². The zero-order chi connectivity index (χ0) is 16.4. The Balaban J connectivity index is 1.73. The number of sulfone groups is 1. The molecule has 3 rings (SSSR count). The van der Waals surface area contributed by atoms with Crippen molar-refractivity contribution in [2.75, 3.05) is 12.0 Å². The van der Waals surface area contributed by atoms with E-state index in [0.717, 1.165) is 21.5 Å². The Kier molecular flexibility index (Phi) is 4.47. The average Bonchev–Trinajstić information content (AvgIpc) is 3.01. The van der Waals surface area contributed by atoms with Gasteiger partial charge < -0.3 is 0 Å². The minimum atomic E-state index is -3.25. The van der Waals surface area contributed by atoms with Crippen molar-refractivity contribution in [1.29, 1.82) is 0 Å². The van der Waals surface area contributed by atoms with E-state index in [0.29, 0.717) is 5.56 Å². The molecule has 0 aliphatic heterocycles. The number of rotatable bonds is 5. The lowest BCUT2D eigenvalue weighted by Crippen LogP contribution is -2.04. The number of hydrogen-bond donors (Lipinski definition) is 0. The Morgan fingerprint density at radius 3 is 2.61 bits per heavy atom. The van der Waals surface area contributed by atoms with Crippen molar-refractivity contribution >= 4 is 48.9 Å². The number of nitrogens with zero attached hydrogens (tertiary/aromatic N) is 2. The SMILES string of the molecule is CS(=O)(=O)c1ccc(C(=O)CSc2ncnc3ccsc23)cc1. The maximum atomic E-state index is 12.2. The summed E-state index contributed by atoms with van der Waals surface area (Å²) in [4.78, 5) is 20.8. The van der Waals surface area contributed by atoms with Crippen LogP contribution in [-0.4, -0.2) is 36.2 Å². The van der Waals surface area contributed by atoms with E-state index in [1.807, 2.05) is 11.4 Å². The predicted molar refractivity (Wildman–Crippen MR) is 92.0 cm³/mol. The highest BCUT2D eigenvalue weighted by molar-refractivity contribution is 8.00. The van der Waals surface area contributed by atoms with Crippen LogP contribution in [0.15, 0.2) is 52.0 Å². The van der Waals surface area contributed by atoms with Crippen LogP contribution in [0.3, 0.4) is 0 Å². The van der Waals surface area contributed by atoms with Gasteiger partial charge in [0.1, 0.15) is 11.4 Å². The second kappa shape index (κ2) is 6.38. The zero-order valence-electron chi connectivity index (χ0n) is 12.1. The van der Waals surface area contributed by atoms with E-state index in [-0.39, 0.29) is 16.4 Å². The Morgan fingerprint density at radius 1 is 1.17 bits per heavy atom. The van der Waals surface area contributed by atoms with Crippen molar-refractivity contribution in [3.63, 3.8) is 0 Å². The number of thioether (sulfide) groups is 1. The van der Waals surface area contributed by atoms with Crippen molar-refractivity contribution in [2.24, 2.45) is 0 Å². The average molecular weight is 364 g/mol. The molecule has 0 fully saturated rings. The fourth-order valence-corrected chi connectivity index (χ4v) is 4.45. The van der Waals surface area contributed by atoms with Crippen molar-refractivity contribution in [3.8, 4) is 0 Å². The Bertz CT molecular complexity index is 963. The zero-order valence-corrected chi connectivity index (χ0v) is 14.5. The maximum Gasteiger partial charge on any atom is 0.175 e. The van der Waals surface area contributed by atoms with Gasteiger partial charge in [0, 0.05) is 11.8 Å². The second-order valence-corrected chi connectivity index (χ2v) is 8.72. The van der Waals surface area contributed by atoms with Gasteiger partial charge in [0.2, 0.25) is 0 Å². The predicted octanol–water partition coefficient (Wildman–Crippen LogP) is 3.07. The maximum absolute atomic E-state index is 12.2. The van der Waals surface area contributed by atoms with Crippen LogP contribution >= 0.6 is 23.1 Å². The summed E-state index contributed by atoms with van der Waals surface area (Å²) in [6.07, 6.45) is 2.63. The first-order chi connectivity index (χ1) is 10.9. The van der Waals surface area contributed by atoms with Crippen LogP contribution in [0.25, 0.3) is 10.2 Å². The fraction of sp³-hybridized carbons (Fsp3) is 0.133. The van der Waals surface area contributed by atoms with Gasteiger partial charge in [-0.05, 0) is 23.6 Å². The number of hydrogen-bond acceptors (Lipinski definition) is 7. The van der Waals surface area contributed by atoms with Crippen LogP contribution < -0.4 is 0 Å². The first kappa shape index (κ1) is 16.1. The number of benzene rings is 1. The molecule has 0 atom stereocenters. The molecule has 0 saturated heterocycles. The van der Waals surface area contributed by atoms with Gasteiger partial charge in [-0.25, -0.2) is 18.4 Å². The van der Waals surface area contributed by atoms with Crippen LogP contribution in [0.1, 0.15) is 10.4 Å². The first-order valence-corrected chi connectivity index (χ1v) is 10.3. The lowest BCUT2D eigenvalue weighted by molar-refractivity contribution is 0.102. The fourth-order valence-electron chi connectivity index (χ4n) is 1.97. The third kappa shape index (κ3) is 3.60. The number of carbonyl (C=O) groups is 1. The summed E-state index contributed by atoms with van der Waals surface area (Å²) in [5.74, 6) is 0.167. The third-order valence-corrected chi connectivity index (χ3v) is 6.31. The minimum Gasteiger partial charge on any atom is -0.293 e. The molecule has 1 aromatic carbocycles. The molecule has 2 aromatic heterocycles.